The highest BCUT2D eigenvalue weighted by Crippen LogP contribution is 2.27. The quantitative estimate of drug-likeness (QED) is 0.793. The lowest BCUT2D eigenvalue weighted by Crippen LogP contribution is -2.39. The number of rotatable bonds is 4. The van der Waals surface area contributed by atoms with Crippen LogP contribution in [-0.4, -0.2) is 24.0 Å². The number of esters is 1. The zero-order valence-electron chi connectivity index (χ0n) is 12.2. The van der Waals surface area contributed by atoms with Gasteiger partial charge in [0.05, 0.1) is 6.61 Å². The number of hydrogen-bond acceptors (Lipinski definition) is 4. The smallest absolute Gasteiger partial charge is 0.349 e. The van der Waals surface area contributed by atoms with Crippen molar-refractivity contribution < 1.29 is 19.1 Å². The number of carbonyl (C=O) groups excluding carboxylic acids is 2. The molecule has 0 spiro atoms. The van der Waals surface area contributed by atoms with E-state index in [4.69, 9.17) is 9.47 Å². The van der Waals surface area contributed by atoms with Crippen molar-refractivity contribution >= 4 is 11.8 Å². The predicted molar refractivity (Wildman–Crippen MR) is 75.1 cm³/mol. The molecular weight excluding hydrogens is 256 g/mol. The van der Waals surface area contributed by atoms with Crippen molar-refractivity contribution in [1.29, 1.82) is 0 Å². The van der Waals surface area contributed by atoms with Crippen LogP contribution in [-0.2, 0) is 16.0 Å². The fourth-order valence-corrected chi connectivity index (χ4v) is 2.33. The number of aryl methyl sites for hydroxylation is 1. The zero-order valence-corrected chi connectivity index (χ0v) is 12.2. The summed E-state index contributed by atoms with van der Waals surface area (Å²) in [5.74, 6) is 0.382. The van der Waals surface area contributed by atoms with Gasteiger partial charge in [0.1, 0.15) is 5.75 Å². The molecule has 1 aromatic rings. The van der Waals surface area contributed by atoms with Gasteiger partial charge in [-0.05, 0) is 57.4 Å². The number of ether oxygens (including phenoxy) is 2. The van der Waals surface area contributed by atoms with E-state index in [0.717, 1.165) is 24.0 Å². The Morgan fingerprint density at radius 2 is 2.05 bits per heavy atom. The molecule has 0 bridgehead atoms. The predicted octanol–water partition coefficient (Wildman–Crippen LogP) is 2.93. The summed E-state index contributed by atoms with van der Waals surface area (Å²) in [6, 6.07) is 5.38. The van der Waals surface area contributed by atoms with Gasteiger partial charge in [-0.25, -0.2) is 4.79 Å². The number of Topliss-reactive ketones (excluding diaryl/α,β-unsaturated/α-hetero) is 1. The first-order chi connectivity index (χ1) is 9.44. The number of ketones is 1. The monoisotopic (exact) mass is 276 g/mol. The Morgan fingerprint density at radius 3 is 2.75 bits per heavy atom. The molecular formula is C16H20O4. The van der Waals surface area contributed by atoms with E-state index in [0.29, 0.717) is 18.8 Å². The summed E-state index contributed by atoms with van der Waals surface area (Å²) in [6.07, 6.45) is 2.36. The van der Waals surface area contributed by atoms with Crippen molar-refractivity contribution in [2.75, 3.05) is 6.61 Å². The third-order valence-electron chi connectivity index (χ3n) is 3.37. The molecule has 4 nitrogen and oxygen atoms in total. The van der Waals surface area contributed by atoms with Gasteiger partial charge in [-0.3, -0.25) is 4.79 Å². The topological polar surface area (TPSA) is 52.6 Å². The molecule has 0 saturated carbocycles. The van der Waals surface area contributed by atoms with Crippen LogP contribution in [0.1, 0.15) is 49.5 Å². The van der Waals surface area contributed by atoms with E-state index in [1.165, 1.54) is 0 Å². The number of hydrogen-bond donors (Lipinski definition) is 0. The highest BCUT2D eigenvalue weighted by atomic mass is 16.6. The molecule has 0 unspecified atom stereocenters. The molecule has 0 aliphatic heterocycles. The second-order valence-electron chi connectivity index (χ2n) is 5.43. The number of fused-ring (bicyclic) bond motifs is 1. The van der Waals surface area contributed by atoms with Gasteiger partial charge >= 0.3 is 5.97 Å². The molecule has 0 atom stereocenters. The Hall–Kier alpha value is -1.84. The Bertz CT molecular complexity index is 531. The van der Waals surface area contributed by atoms with Gasteiger partial charge in [0, 0.05) is 12.0 Å². The van der Waals surface area contributed by atoms with Crippen LogP contribution in [0, 0.1) is 0 Å². The lowest BCUT2D eigenvalue weighted by atomic mass is 9.90. The summed E-state index contributed by atoms with van der Waals surface area (Å²) in [5.41, 5.74) is 0.735. The van der Waals surface area contributed by atoms with E-state index in [2.05, 4.69) is 0 Å². The molecule has 0 heterocycles. The van der Waals surface area contributed by atoms with Crippen LogP contribution >= 0.6 is 0 Å². The Kier molecular flexibility index (Phi) is 4.12. The molecule has 4 heteroatoms. The van der Waals surface area contributed by atoms with Crippen molar-refractivity contribution in [2.45, 2.75) is 45.6 Å². The van der Waals surface area contributed by atoms with Gasteiger partial charge in [-0.15, -0.1) is 0 Å². The highest BCUT2D eigenvalue weighted by Gasteiger charge is 2.32. The summed E-state index contributed by atoms with van der Waals surface area (Å²) in [4.78, 5) is 23.6. The van der Waals surface area contributed by atoms with Crippen molar-refractivity contribution in [2.24, 2.45) is 0 Å². The molecule has 1 aliphatic rings. The molecule has 0 radical (unpaired) electrons. The Morgan fingerprint density at radius 1 is 1.30 bits per heavy atom. The molecule has 1 aromatic carbocycles. The second kappa shape index (κ2) is 5.65. The Labute approximate surface area is 119 Å². The van der Waals surface area contributed by atoms with E-state index in [-0.39, 0.29) is 5.78 Å². The van der Waals surface area contributed by atoms with Crippen LogP contribution < -0.4 is 4.74 Å². The van der Waals surface area contributed by atoms with Gasteiger partial charge in [0.25, 0.3) is 0 Å². The van der Waals surface area contributed by atoms with Gasteiger partial charge in [-0.1, -0.05) is 0 Å². The minimum atomic E-state index is -1.04. The molecule has 0 N–H and O–H groups in total. The van der Waals surface area contributed by atoms with Gasteiger partial charge in [0.15, 0.2) is 11.4 Å². The largest absolute Gasteiger partial charge is 0.476 e. The normalized spacial score (nSPS) is 14.7. The average molecular weight is 276 g/mol. The highest BCUT2D eigenvalue weighted by molar-refractivity contribution is 5.98. The number of carbonyl (C=O) groups is 2. The van der Waals surface area contributed by atoms with Crippen molar-refractivity contribution in [1.82, 2.24) is 0 Å². The molecule has 0 saturated heterocycles. The van der Waals surface area contributed by atoms with E-state index >= 15 is 0 Å². The average Bonchev–Trinajstić information content (AvgIpc) is 2.38. The SMILES string of the molecule is CCOC(=O)C(C)(C)Oc1ccc2c(c1)CCCC2=O. The van der Waals surface area contributed by atoms with Crippen LogP contribution in [0.3, 0.4) is 0 Å². The molecule has 20 heavy (non-hydrogen) atoms. The van der Waals surface area contributed by atoms with E-state index in [1.807, 2.05) is 6.07 Å². The van der Waals surface area contributed by atoms with Crippen LogP contribution in [0.5, 0.6) is 5.75 Å². The van der Waals surface area contributed by atoms with Crippen LogP contribution in [0.15, 0.2) is 18.2 Å². The summed E-state index contributed by atoms with van der Waals surface area (Å²) < 4.78 is 10.7. The minimum absolute atomic E-state index is 0.183. The molecule has 0 fully saturated rings. The maximum atomic E-state index is 11.8. The van der Waals surface area contributed by atoms with E-state index < -0.39 is 11.6 Å². The third-order valence-corrected chi connectivity index (χ3v) is 3.37. The van der Waals surface area contributed by atoms with E-state index in [9.17, 15) is 9.59 Å². The van der Waals surface area contributed by atoms with Crippen molar-refractivity contribution in [3.63, 3.8) is 0 Å². The van der Waals surface area contributed by atoms with Crippen molar-refractivity contribution in [3.8, 4) is 5.75 Å². The summed E-state index contributed by atoms with van der Waals surface area (Å²) in [5, 5.41) is 0. The minimum Gasteiger partial charge on any atom is -0.476 e. The lowest BCUT2D eigenvalue weighted by molar-refractivity contribution is -0.158. The van der Waals surface area contributed by atoms with Crippen LogP contribution in [0.4, 0.5) is 0 Å². The fraction of sp³-hybridized carbons (Fsp3) is 0.500. The van der Waals surface area contributed by atoms with E-state index in [1.54, 1.807) is 32.9 Å². The molecule has 0 aromatic heterocycles. The maximum absolute atomic E-state index is 11.8. The molecule has 108 valence electrons. The summed E-state index contributed by atoms with van der Waals surface area (Å²) in [7, 11) is 0. The van der Waals surface area contributed by atoms with Gasteiger partial charge in [-0.2, -0.15) is 0 Å². The first-order valence-electron chi connectivity index (χ1n) is 6.96. The van der Waals surface area contributed by atoms with Crippen molar-refractivity contribution in [3.05, 3.63) is 29.3 Å². The Balaban J connectivity index is 2.18. The second-order valence-corrected chi connectivity index (χ2v) is 5.43. The fourth-order valence-electron chi connectivity index (χ4n) is 2.33. The summed E-state index contributed by atoms with van der Waals surface area (Å²) in [6.45, 7) is 5.44. The van der Waals surface area contributed by atoms with Gasteiger partial charge < -0.3 is 9.47 Å². The van der Waals surface area contributed by atoms with Gasteiger partial charge in [0.2, 0.25) is 0 Å². The summed E-state index contributed by atoms with van der Waals surface area (Å²) >= 11 is 0. The molecule has 0 amide bonds. The standard InChI is InChI=1S/C16H20O4/c1-4-19-15(18)16(2,3)20-12-8-9-13-11(10-12)6-5-7-14(13)17/h8-10H,4-7H2,1-3H3. The zero-order chi connectivity index (χ0) is 14.8. The third kappa shape index (κ3) is 3.00. The number of benzene rings is 1. The first kappa shape index (κ1) is 14.6. The first-order valence-corrected chi connectivity index (χ1v) is 6.96. The molecule has 2 rings (SSSR count). The van der Waals surface area contributed by atoms with Crippen LogP contribution in [0.25, 0.3) is 0 Å². The van der Waals surface area contributed by atoms with Crippen LogP contribution in [0.2, 0.25) is 0 Å². The lowest BCUT2D eigenvalue weighted by Gasteiger charge is -2.25. The maximum Gasteiger partial charge on any atom is 0.349 e. The molecule has 1 aliphatic carbocycles.